The SMILES string of the molecule is C=CCC[C@H](C)C(=O)OC(C)(C)C. The van der Waals surface area contributed by atoms with Crippen molar-refractivity contribution in [3.05, 3.63) is 12.7 Å². The molecule has 0 aromatic rings. The summed E-state index contributed by atoms with van der Waals surface area (Å²) in [5, 5.41) is 0. The number of esters is 1. The second kappa shape index (κ2) is 5.05. The van der Waals surface area contributed by atoms with Gasteiger partial charge in [-0.05, 0) is 33.6 Å². The third-order valence-electron chi connectivity index (χ3n) is 1.61. The molecule has 0 bridgehead atoms. The van der Waals surface area contributed by atoms with Crippen LogP contribution in [0.2, 0.25) is 0 Å². The van der Waals surface area contributed by atoms with Gasteiger partial charge in [0.25, 0.3) is 0 Å². The lowest BCUT2D eigenvalue weighted by Gasteiger charge is -2.21. The molecule has 0 aliphatic carbocycles. The zero-order chi connectivity index (χ0) is 10.5. The van der Waals surface area contributed by atoms with Crippen LogP contribution in [0.3, 0.4) is 0 Å². The molecule has 0 amide bonds. The van der Waals surface area contributed by atoms with Gasteiger partial charge >= 0.3 is 5.97 Å². The average molecular weight is 184 g/mol. The Morgan fingerprint density at radius 2 is 2.08 bits per heavy atom. The Hall–Kier alpha value is -0.790. The summed E-state index contributed by atoms with van der Waals surface area (Å²) in [5.41, 5.74) is -0.375. The Labute approximate surface area is 81.0 Å². The van der Waals surface area contributed by atoms with Crippen LogP contribution in [0, 0.1) is 5.92 Å². The van der Waals surface area contributed by atoms with Crippen molar-refractivity contribution in [2.45, 2.75) is 46.1 Å². The highest BCUT2D eigenvalue weighted by Crippen LogP contribution is 2.14. The number of allylic oxidation sites excluding steroid dienone is 1. The van der Waals surface area contributed by atoms with E-state index in [-0.39, 0.29) is 17.5 Å². The summed E-state index contributed by atoms with van der Waals surface area (Å²) in [5.74, 6) is -0.147. The first-order chi connectivity index (χ1) is 5.87. The van der Waals surface area contributed by atoms with Crippen LogP contribution < -0.4 is 0 Å². The van der Waals surface area contributed by atoms with Crippen molar-refractivity contribution < 1.29 is 9.53 Å². The second-order valence-corrected chi connectivity index (χ2v) is 4.30. The van der Waals surface area contributed by atoms with Crippen molar-refractivity contribution in [2.75, 3.05) is 0 Å². The van der Waals surface area contributed by atoms with Crippen molar-refractivity contribution in [1.29, 1.82) is 0 Å². The molecule has 76 valence electrons. The summed E-state index contributed by atoms with van der Waals surface area (Å²) < 4.78 is 5.22. The van der Waals surface area contributed by atoms with E-state index in [1.807, 2.05) is 33.8 Å². The molecule has 0 aromatic heterocycles. The van der Waals surface area contributed by atoms with E-state index in [9.17, 15) is 4.79 Å². The van der Waals surface area contributed by atoms with Crippen molar-refractivity contribution in [3.8, 4) is 0 Å². The first kappa shape index (κ1) is 12.2. The molecule has 0 aliphatic rings. The number of carbonyl (C=O) groups is 1. The summed E-state index contributed by atoms with van der Waals surface area (Å²) in [7, 11) is 0. The molecule has 0 rings (SSSR count). The van der Waals surface area contributed by atoms with Crippen molar-refractivity contribution >= 4 is 5.97 Å². The highest BCUT2D eigenvalue weighted by molar-refractivity contribution is 5.72. The largest absolute Gasteiger partial charge is 0.460 e. The molecular weight excluding hydrogens is 164 g/mol. The minimum absolute atomic E-state index is 0.0303. The molecule has 0 saturated heterocycles. The Bertz CT molecular complexity index is 177. The number of hydrogen-bond donors (Lipinski definition) is 0. The van der Waals surface area contributed by atoms with Gasteiger partial charge in [-0.25, -0.2) is 0 Å². The standard InChI is InChI=1S/C11H20O2/c1-6-7-8-9(2)10(12)13-11(3,4)5/h6,9H,1,7-8H2,2-5H3/t9-/m0/s1. The molecular formula is C11H20O2. The molecule has 0 spiro atoms. The van der Waals surface area contributed by atoms with Crippen LogP contribution in [0.5, 0.6) is 0 Å². The van der Waals surface area contributed by atoms with Crippen LogP contribution in [0.25, 0.3) is 0 Å². The molecule has 13 heavy (non-hydrogen) atoms. The monoisotopic (exact) mass is 184 g/mol. The van der Waals surface area contributed by atoms with Gasteiger partial charge in [0.1, 0.15) is 5.60 Å². The van der Waals surface area contributed by atoms with E-state index in [4.69, 9.17) is 4.74 Å². The fourth-order valence-corrected chi connectivity index (χ4v) is 0.888. The van der Waals surface area contributed by atoms with Gasteiger partial charge in [-0.15, -0.1) is 6.58 Å². The Morgan fingerprint density at radius 1 is 1.54 bits per heavy atom. The molecule has 0 aliphatic heterocycles. The minimum atomic E-state index is -0.375. The van der Waals surface area contributed by atoms with Crippen LogP contribution >= 0.6 is 0 Å². The maximum atomic E-state index is 11.4. The molecule has 0 unspecified atom stereocenters. The smallest absolute Gasteiger partial charge is 0.309 e. The lowest BCUT2D eigenvalue weighted by molar-refractivity contribution is -0.159. The van der Waals surface area contributed by atoms with Gasteiger partial charge in [0.05, 0.1) is 5.92 Å². The van der Waals surface area contributed by atoms with Gasteiger partial charge in [-0.2, -0.15) is 0 Å². The summed E-state index contributed by atoms with van der Waals surface area (Å²) in [4.78, 5) is 11.4. The molecule has 0 heterocycles. The predicted molar refractivity (Wildman–Crippen MR) is 54.4 cm³/mol. The molecule has 0 N–H and O–H groups in total. The third kappa shape index (κ3) is 6.38. The zero-order valence-electron chi connectivity index (χ0n) is 9.09. The number of hydrogen-bond acceptors (Lipinski definition) is 2. The highest BCUT2D eigenvalue weighted by atomic mass is 16.6. The first-order valence-corrected chi connectivity index (χ1v) is 4.70. The molecule has 0 fully saturated rings. The van der Waals surface area contributed by atoms with Gasteiger partial charge in [-0.1, -0.05) is 13.0 Å². The van der Waals surface area contributed by atoms with E-state index in [1.165, 1.54) is 0 Å². The van der Waals surface area contributed by atoms with Gasteiger partial charge < -0.3 is 4.74 Å². The number of ether oxygens (including phenoxy) is 1. The fraction of sp³-hybridized carbons (Fsp3) is 0.727. The quantitative estimate of drug-likeness (QED) is 0.496. The normalized spacial score (nSPS) is 13.5. The van der Waals surface area contributed by atoms with Crippen LogP contribution in [0.4, 0.5) is 0 Å². The minimum Gasteiger partial charge on any atom is -0.460 e. The van der Waals surface area contributed by atoms with Gasteiger partial charge in [0, 0.05) is 0 Å². The summed E-state index contributed by atoms with van der Waals surface area (Å²) >= 11 is 0. The third-order valence-corrected chi connectivity index (χ3v) is 1.61. The molecule has 2 heteroatoms. The summed E-state index contributed by atoms with van der Waals surface area (Å²) in [6, 6.07) is 0. The molecule has 1 atom stereocenters. The number of carbonyl (C=O) groups excluding carboxylic acids is 1. The summed E-state index contributed by atoms with van der Waals surface area (Å²) in [6.07, 6.45) is 3.50. The van der Waals surface area contributed by atoms with Gasteiger partial charge in [0.15, 0.2) is 0 Å². The average Bonchev–Trinajstić information content (AvgIpc) is 1.96. The Balaban J connectivity index is 3.89. The van der Waals surface area contributed by atoms with Crippen molar-refractivity contribution in [1.82, 2.24) is 0 Å². The zero-order valence-corrected chi connectivity index (χ0v) is 9.09. The fourth-order valence-electron chi connectivity index (χ4n) is 0.888. The van der Waals surface area contributed by atoms with Crippen LogP contribution in [-0.4, -0.2) is 11.6 Å². The second-order valence-electron chi connectivity index (χ2n) is 4.30. The van der Waals surface area contributed by atoms with E-state index in [0.29, 0.717) is 0 Å². The van der Waals surface area contributed by atoms with E-state index in [0.717, 1.165) is 12.8 Å². The first-order valence-electron chi connectivity index (χ1n) is 4.70. The van der Waals surface area contributed by atoms with Crippen LogP contribution in [-0.2, 0) is 9.53 Å². The lowest BCUT2D eigenvalue weighted by atomic mass is 10.1. The highest BCUT2D eigenvalue weighted by Gasteiger charge is 2.20. The summed E-state index contributed by atoms with van der Waals surface area (Å²) in [6.45, 7) is 11.1. The van der Waals surface area contributed by atoms with E-state index < -0.39 is 0 Å². The van der Waals surface area contributed by atoms with Crippen LogP contribution in [0.15, 0.2) is 12.7 Å². The van der Waals surface area contributed by atoms with Crippen LogP contribution in [0.1, 0.15) is 40.5 Å². The molecule has 0 aromatic carbocycles. The van der Waals surface area contributed by atoms with Crippen molar-refractivity contribution in [2.24, 2.45) is 5.92 Å². The molecule has 0 radical (unpaired) electrons. The van der Waals surface area contributed by atoms with E-state index in [2.05, 4.69) is 6.58 Å². The van der Waals surface area contributed by atoms with Crippen molar-refractivity contribution in [3.63, 3.8) is 0 Å². The van der Waals surface area contributed by atoms with Gasteiger partial charge in [-0.3, -0.25) is 4.79 Å². The molecule has 2 nitrogen and oxygen atoms in total. The Morgan fingerprint density at radius 3 is 2.46 bits per heavy atom. The van der Waals surface area contributed by atoms with Gasteiger partial charge in [0.2, 0.25) is 0 Å². The molecule has 0 saturated carbocycles. The topological polar surface area (TPSA) is 26.3 Å². The lowest BCUT2D eigenvalue weighted by Crippen LogP contribution is -2.27. The van der Waals surface area contributed by atoms with E-state index in [1.54, 1.807) is 0 Å². The van der Waals surface area contributed by atoms with E-state index >= 15 is 0 Å². The Kier molecular flexibility index (Phi) is 4.74. The predicted octanol–water partition coefficient (Wildman–Crippen LogP) is 2.93. The number of rotatable bonds is 4. The maximum Gasteiger partial charge on any atom is 0.309 e. The maximum absolute atomic E-state index is 11.4.